The van der Waals surface area contributed by atoms with Gasteiger partial charge in [0, 0.05) is 56.2 Å². The van der Waals surface area contributed by atoms with E-state index in [1.807, 2.05) is 45.0 Å². The molecule has 2 aliphatic heterocycles. The predicted octanol–water partition coefficient (Wildman–Crippen LogP) is 5.76. The summed E-state index contributed by atoms with van der Waals surface area (Å²) in [4.78, 5) is 43.0. The molecule has 0 saturated carbocycles. The quantitative estimate of drug-likeness (QED) is 0.240. The molecule has 2 N–H and O–H groups in total. The molecule has 2 aromatic heterocycles. The SMILES string of the molecule is CCc1c(NC[C@H](CC(=O)Cc2ccc(OC)cc2)C(=O)OC(C)(C)C)ncnc1N1CCC(c2ccc3c(n2)NCCC3)CC1. The second-order valence-electron chi connectivity index (χ2n) is 13.3. The fourth-order valence-electron chi connectivity index (χ4n) is 6.27. The summed E-state index contributed by atoms with van der Waals surface area (Å²) >= 11 is 0. The number of ether oxygens (including phenoxy) is 2. The lowest BCUT2D eigenvalue weighted by Gasteiger charge is -2.34. The van der Waals surface area contributed by atoms with Crippen LogP contribution in [0.5, 0.6) is 5.75 Å². The summed E-state index contributed by atoms with van der Waals surface area (Å²) in [7, 11) is 1.61. The summed E-state index contributed by atoms with van der Waals surface area (Å²) in [6.07, 6.45) is 6.85. The normalized spacial score (nSPS) is 15.8. The smallest absolute Gasteiger partial charge is 0.311 e. The minimum absolute atomic E-state index is 0.0333. The zero-order chi connectivity index (χ0) is 32.7. The molecule has 2 aliphatic rings. The van der Waals surface area contributed by atoms with Crippen molar-refractivity contribution >= 4 is 29.2 Å². The number of aryl methyl sites for hydroxylation is 1. The average molecular weight is 629 g/mol. The number of pyridine rings is 1. The second-order valence-corrected chi connectivity index (χ2v) is 13.3. The summed E-state index contributed by atoms with van der Waals surface area (Å²) in [5, 5.41) is 6.86. The highest BCUT2D eigenvalue weighted by Crippen LogP contribution is 2.33. The number of rotatable bonds is 12. The van der Waals surface area contributed by atoms with Crippen molar-refractivity contribution in [3.05, 3.63) is 65.1 Å². The Kier molecular flexibility index (Phi) is 10.8. The van der Waals surface area contributed by atoms with Crippen molar-refractivity contribution in [3.63, 3.8) is 0 Å². The molecular weight excluding hydrogens is 580 g/mol. The van der Waals surface area contributed by atoms with Gasteiger partial charge in [-0.05, 0) is 82.2 Å². The van der Waals surface area contributed by atoms with E-state index >= 15 is 0 Å². The first-order chi connectivity index (χ1) is 22.1. The lowest BCUT2D eigenvalue weighted by atomic mass is 9.92. The van der Waals surface area contributed by atoms with E-state index in [0.29, 0.717) is 11.7 Å². The van der Waals surface area contributed by atoms with Gasteiger partial charge in [0.25, 0.3) is 0 Å². The molecule has 4 heterocycles. The maximum Gasteiger partial charge on any atom is 0.311 e. The lowest BCUT2D eigenvalue weighted by molar-refractivity contribution is -0.160. The third kappa shape index (κ3) is 8.53. The molecule has 0 radical (unpaired) electrons. The second kappa shape index (κ2) is 14.9. The Morgan fingerprint density at radius 3 is 2.54 bits per heavy atom. The van der Waals surface area contributed by atoms with Crippen LogP contribution < -0.4 is 20.3 Å². The van der Waals surface area contributed by atoms with Crippen LogP contribution in [0.2, 0.25) is 0 Å². The lowest BCUT2D eigenvalue weighted by Crippen LogP contribution is -2.35. The van der Waals surface area contributed by atoms with E-state index in [1.54, 1.807) is 13.4 Å². The van der Waals surface area contributed by atoms with Crippen molar-refractivity contribution in [2.75, 3.05) is 48.8 Å². The number of nitrogens with zero attached hydrogens (tertiary/aromatic N) is 4. The molecule has 46 heavy (non-hydrogen) atoms. The van der Waals surface area contributed by atoms with Crippen LogP contribution in [0, 0.1) is 5.92 Å². The fraction of sp³-hybridized carbons (Fsp3) is 0.528. The highest BCUT2D eigenvalue weighted by Gasteiger charge is 2.29. The van der Waals surface area contributed by atoms with Crippen LogP contribution >= 0.6 is 0 Å². The number of esters is 1. The zero-order valence-electron chi connectivity index (χ0n) is 27.9. The first-order valence-electron chi connectivity index (χ1n) is 16.6. The van der Waals surface area contributed by atoms with E-state index in [2.05, 4.69) is 39.6 Å². The van der Waals surface area contributed by atoms with Crippen molar-refractivity contribution in [3.8, 4) is 5.75 Å². The minimum atomic E-state index is -0.664. The summed E-state index contributed by atoms with van der Waals surface area (Å²) in [6.45, 7) is 10.6. The number of carbonyl (C=O) groups excluding carboxylic acids is 2. The summed E-state index contributed by atoms with van der Waals surface area (Å²) in [6, 6.07) is 11.9. The van der Waals surface area contributed by atoms with Crippen molar-refractivity contribution in [1.82, 2.24) is 15.0 Å². The molecule has 1 saturated heterocycles. The maximum atomic E-state index is 13.3. The number of carbonyl (C=O) groups is 2. The standard InChI is InChI=1S/C36H48N6O4/c1-6-30-33(38-22-27(35(44)46-36(2,3)4)21-28(43)20-24-9-12-29(45-5)13-10-24)39-23-40-34(30)42-18-15-25(16-19-42)31-14-11-26-8-7-17-37-32(26)41-31/h9-14,23,25,27H,6-8,15-22H2,1-5H3,(H,37,41)(H,38,39,40)/t27-/m0/s1. The van der Waals surface area contributed by atoms with Crippen molar-refractivity contribution < 1.29 is 19.1 Å². The molecule has 246 valence electrons. The molecule has 10 nitrogen and oxygen atoms in total. The molecule has 3 aromatic rings. The predicted molar refractivity (Wildman–Crippen MR) is 181 cm³/mol. The average Bonchev–Trinajstić information content (AvgIpc) is 3.05. The largest absolute Gasteiger partial charge is 0.497 e. The van der Waals surface area contributed by atoms with Gasteiger partial charge in [0.15, 0.2) is 0 Å². The molecule has 1 aromatic carbocycles. The Labute approximate surface area is 272 Å². The number of anilines is 3. The van der Waals surface area contributed by atoms with Crippen molar-refractivity contribution in [2.24, 2.45) is 5.92 Å². The third-order valence-corrected chi connectivity index (χ3v) is 8.70. The van der Waals surface area contributed by atoms with Crippen LogP contribution in [0.3, 0.4) is 0 Å². The molecular formula is C36H48N6O4. The molecule has 0 spiro atoms. The van der Waals surface area contributed by atoms with Crippen LogP contribution in [-0.4, -0.2) is 65.6 Å². The van der Waals surface area contributed by atoms with E-state index in [4.69, 9.17) is 19.4 Å². The van der Waals surface area contributed by atoms with Gasteiger partial charge in [0.1, 0.15) is 40.9 Å². The number of ketones is 1. The number of hydrogen-bond donors (Lipinski definition) is 2. The number of nitrogens with one attached hydrogen (secondary N) is 2. The molecule has 1 fully saturated rings. The third-order valence-electron chi connectivity index (χ3n) is 8.70. The topological polar surface area (TPSA) is 119 Å². The first-order valence-corrected chi connectivity index (χ1v) is 16.6. The number of hydrogen-bond acceptors (Lipinski definition) is 10. The molecule has 5 rings (SSSR count). The monoisotopic (exact) mass is 628 g/mol. The maximum absolute atomic E-state index is 13.3. The number of benzene rings is 1. The van der Waals surface area contributed by atoms with E-state index in [1.165, 1.54) is 11.3 Å². The highest BCUT2D eigenvalue weighted by atomic mass is 16.6. The molecule has 10 heteroatoms. The van der Waals surface area contributed by atoms with E-state index < -0.39 is 17.5 Å². The Morgan fingerprint density at radius 1 is 1.09 bits per heavy atom. The van der Waals surface area contributed by atoms with Crippen LogP contribution in [-0.2, 0) is 33.6 Å². The Hall–Kier alpha value is -4.21. The van der Waals surface area contributed by atoms with Gasteiger partial charge in [-0.25, -0.2) is 15.0 Å². The van der Waals surface area contributed by atoms with Crippen molar-refractivity contribution in [2.45, 2.75) is 84.2 Å². The van der Waals surface area contributed by atoms with Gasteiger partial charge in [0.05, 0.1) is 13.0 Å². The summed E-state index contributed by atoms with van der Waals surface area (Å²) in [5.41, 5.74) is 3.70. The van der Waals surface area contributed by atoms with Gasteiger partial charge in [-0.15, -0.1) is 0 Å². The highest BCUT2D eigenvalue weighted by molar-refractivity contribution is 5.86. The minimum Gasteiger partial charge on any atom is -0.497 e. The van der Waals surface area contributed by atoms with Gasteiger partial charge >= 0.3 is 5.97 Å². The Balaban J connectivity index is 1.24. The van der Waals surface area contributed by atoms with Crippen LogP contribution in [0.25, 0.3) is 0 Å². The fourth-order valence-corrected chi connectivity index (χ4v) is 6.27. The van der Waals surface area contributed by atoms with E-state index in [0.717, 1.165) is 80.3 Å². The van der Waals surface area contributed by atoms with Crippen LogP contribution in [0.1, 0.15) is 81.7 Å². The van der Waals surface area contributed by atoms with Crippen LogP contribution in [0.15, 0.2) is 42.7 Å². The van der Waals surface area contributed by atoms with Crippen LogP contribution in [0.4, 0.5) is 17.5 Å². The number of piperidine rings is 1. The van der Waals surface area contributed by atoms with Gasteiger partial charge in [-0.2, -0.15) is 0 Å². The Bertz CT molecular complexity index is 1500. The molecule has 1 atom stereocenters. The van der Waals surface area contributed by atoms with Gasteiger partial charge in [0.2, 0.25) is 0 Å². The number of Topliss-reactive ketones (excluding diaryl/α,β-unsaturated/α-hetero) is 1. The van der Waals surface area contributed by atoms with E-state index in [9.17, 15) is 9.59 Å². The molecule has 0 aliphatic carbocycles. The number of aromatic nitrogens is 3. The first kappa shape index (κ1) is 33.2. The van der Waals surface area contributed by atoms with Crippen molar-refractivity contribution in [1.29, 1.82) is 0 Å². The van der Waals surface area contributed by atoms with Gasteiger partial charge in [-0.3, -0.25) is 9.59 Å². The van der Waals surface area contributed by atoms with Gasteiger partial charge < -0.3 is 25.0 Å². The molecule has 0 amide bonds. The van der Waals surface area contributed by atoms with E-state index in [-0.39, 0.29) is 25.2 Å². The zero-order valence-corrected chi connectivity index (χ0v) is 27.9. The summed E-state index contributed by atoms with van der Waals surface area (Å²) in [5.74, 6) is 2.71. The number of fused-ring (bicyclic) bond motifs is 1. The molecule has 0 bridgehead atoms. The number of methoxy groups -OCH3 is 1. The molecule has 0 unspecified atom stereocenters. The Morgan fingerprint density at radius 2 is 1.85 bits per heavy atom. The van der Waals surface area contributed by atoms with Gasteiger partial charge in [-0.1, -0.05) is 25.1 Å². The summed E-state index contributed by atoms with van der Waals surface area (Å²) < 4.78 is 10.9.